The molecule has 0 radical (unpaired) electrons. The lowest BCUT2D eigenvalue weighted by Gasteiger charge is -2.14. The molecule has 0 saturated heterocycles. The predicted octanol–water partition coefficient (Wildman–Crippen LogP) is 11.8. The summed E-state index contributed by atoms with van der Waals surface area (Å²) in [6.45, 7) is -10.4. The van der Waals surface area contributed by atoms with Crippen LogP contribution < -0.4 is 15.2 Å². The van der Waals surface area contributed by atoms with Crippen LogP contribution in [-0.2, 0) is 30.9 Å². The highest BCUT2D eigenvalue weighted by atomic mass is 35.5. The lowest BCUT2D eigenvalue weighted by atomic mass is 9.98. The van der Waals surface area contributed by atoms with Crippen molar-refractivity contribution >= 4 is 71.6 Å². The number of nitrogens with zero attached hydrogens (tertiary/aromatic N) is 6. The molecular weight excluding hydrogens is 1020 g/mol. The molecule has 24 heteroatoms. The van der Waals surface area contributed by atoms with Gasteiger partial charge in [-0.15, -0.1) is 22.7 Å². The fourth-order valence-electron chi connectivity index (χ4n) is 6.20. The summed E-state index contributed by atoms with van der Waals surface area (Å²) in [4.78, 5) is 21.5. The predicted molar refractivity (Wildman–Crippen MR) is 258 cm³/mol. The first kappa shape index (κ1) is 37.3. The maximum Gasteiger partial charge on any atom is 0.267 e. The Hall–Kier alpha value is -6.53. The molecule has 0 aliphatic carbocycles. The molecule has 0 spiro atoms. The molecule has 4 aromatic carbocycles. The zero-order valence-corrected chi connectivity index (χ0v) is 39.4. The highest BCUT2D eigenvalue weighted by Gasteiger charge is 2.31. The highest BCUT2D eigenvalue weighted by molar-refractivity contribution is 7.93. The Kier molecular flexibility index (Phi) is 10.5. The quantitative estimate of drug-likeness (QED) is 0.0871. The maximum atomic E-state index is 15.9. The van der Waals surface area contributed by atoms with Crippen molar-refractivity contribution in [2.45, 2.75) is 61.9 Å². The third-order valence-electron chi connectivity index (χ3n) is 9.25. The number of hydrogen-bond acceptors (Lipinski definition) is 13. The summed E-state index contributed by atoms with van der Waals surface area (Å²) in [5, 5.41) is -1.04. The molecule has 0 amide bonds. The molecule has 0 aliphatic heterocycles. The molecule has 4 aromatic heterocycles. The molecule has 4 N–H and O–H groups in total. The molecule has 364 valence electrons. The van der Waals surface area contributed by atoms with Crippen molar-refractivity contribution in [2.24, 2.45) is 0 Å². The minimum absolute atomic E-state index is 0.00285. The number of rotatable bonds is 10. The lowest BCUT2D eigenvalue weighted by molar-refractivity contribution is 0.519. The second-order valence-electron chi connectivity index (χ2n) is 14.8. The van der Waals surface area contributed by atoms with E-state index in [-0.39, 0.29) is 43.8 Å². The molecule has 0 unspecified atom stereocenters. The van der Waals surface area contributed by atoms with E-state index < -0.39 is 135 Å². The lowest BCUT2D eigenvalue weighted by Crippen LogP contribution is -2.17. The number of nitrogens with one attached hydrogen (secondary N) is 2. The summed E-state index contributed by atoms with van der Waals surface area (Å²) in [5.74, 6) is -8.34. The fourth-order valence-corrected chi connectivity index (χ4v) is 10.8. The van der Waals surface area contributed by atoms with Gasteiger partial charge in [-0.05, 0) is 72.3 Å². The Balaban J connectivity index is 0.000000236. The molecule has 0 aliphatic rings. The highest BCUT2D eigenvalue weighted by Crippen LogP contribution is 2.44. The molecule has 8 rings (SSSR count). The van der Waals surface area contributed by atoms with Crippen molar-refractivity contribution < 1.29 is 59.6 Å². The Morgan fingerprint density at radius 3 is 1.34 bits per heavy atom. The number of aromatic nitrogens is 6. The second-order valence-corrected chi connectivity index (χ2v) is 20.4. The van der Waals surface area contributed by atoms with Gasteiger partial charge in [0, 0.05) is 50.8 Å². The number of sulfonamides is 2. The smallest absolute Gasteiger partial charge is 0.267 e. The Bertz CT molecular complexity index is 3680. The molecule has 0 saturated carbocycles. The molecule has 8 aromatic rings. The number of nitrogens with two attached hydrogens (primary N) is 1. The van der Waals surface area contributed by atoms with E-state index in [9.17, 15) is 34.4 Å². The third-order valence-corrected chi connectivity index (χ3v) is 14.9. The molecule has 0 atom stereocenters. The SMILES string of the molecule is [2H]C([2H])([2H])C(C)(c1nc(-c2cccc(NS(=O)(=O)c3c(F)cccc3F)c2F)c(-c2ccnc(Cl)n2)s1)C([2H])([2H])[2H].[2H]C([2H])([2H])C(C)(c1nc(-c2cccc(NS(=O)(=O)c3c(F)cccc3F)c2F)c(-c2ccnc(N)n2)s1)C([2H])([2H])[2H]. The van der Waals surface area contributed by atoms with Crippen LogP contribution in [0.4, 0.5) is 43.7 Å². The van der Waals surface area contributed by atoms with Gasteiger partial charge in [0.2, 0.25) is 11.2 Å². The Labute approximate surface area is 427 Å². The van der Waals surface area contributed by atoms with Crippen molar-refractivity contribution in [1.29, 1.82) is 0 Å². The fraction of sp³-hybridized carbons (Fsp3) is 0.174. The first-order valence-electron chi connectivity index (χ1n) is 25.4. The van der Waals surface area contributed by atoms with Crippen molar-refractivity contribution in [1.82, 2.24) is 29.9 Å². The van der Waals surface area contributed by atoms with E-state index in [4.69, 9.17) is 33.8 Å². The molecule has 0 bridgehead atoms. The zero-order valence-electron chi connectivity index (χ0n) is 47.4. The van der Waals surface area contributed by atoms with Crippen molar-refractivity contribution in [2.75, 3.05) is 15.2 Å². The van der Waals surface area contributed by atoms with E-state index in [1.807, 2.05) is 9.44 Å². The van der Waals surface area contributed by atoms with Gasteiger partial charge in [-0.25, -0.2) is 73.1 Å². The average molecular weight is 1070 g/mol. The van der Waals surface area contributed by atoms with E-state index in [2.05, 4.69) is 29.9 Å². The van der Waals surface area contributed by atoms with Gasteiger partial charge in [-0.2, -0.15) is 0 Å². The van der Waals surface area contributed by atoms with E-state index in [0.717, 1.165) is 38.1 Å². The normalized spacial score (nSPS) is 15.3. The molecule has 0 fully saturated rings. The van der Waals surface area contributed by atoms with Crippen molar-refractivity contribution in [3.63, 3.8) is 0 Å². The summed E-state index contributed by atoms with van der Waals surface area (Å²) >= 11 is 7.16. The standard InChI is InChI=1S/C23H18ClF3N4O2S2.C23H20F3N5O2S2/c1-23(2,3)21-30-18(19(34-21)16-10-11-28-22(24)29-16)12-6-4-9-15(17(12)27)31-35(32,33)20-13(25)7-5-8-14(20)26;1-23(2,3)21-30-18(19(34-21)16-10-11-28-22(27)29-16)12-6-4-9-15(17(12)26)31-35(32,33)20-13(24)7-5-8-14(20)25/h4-11,31H,1-3H3;4-11,31H,1-3H3,(H2,27,28,29)/i2*1D3,2D3. The molecule has 13 nitrogen and oxygen atoms in total. The van der Waals surface area contributed by atoms with E-state index in [1.54, 1.807) is 0 Å². The summed E-state index contributed by atoms with van der Waals surface area (Å²) < 4.78 is 239. The number of halogens is 7. The van der Waals surface area contributed by atoms with Crippen molar-refractivity contribution in [3.05, 3.63) is 148 Å². The third kappa shape index (κ3) is 10.9. The van der Waals surface area contributed by atoms with E-state index >= 15 is 8.78 Å². The van der Waals surface area contributed by atoms with Crippen LogP contribution in [0.15, 0.2) is 107 Å². The van der Waals surface area contributed by atoms with Crippen LogP contribution in [-0.4, -0.2) is 46.7 Å². The summed E-state index contributed by atoms with van der Waals surface area (Å²) in [6.07, 6.45) is 2.52. The van der Waals surface area contributed by atoms with Crippen LogP contribution in [0.5, 0.6) is 0 Å². The van der Waals surface area contributed by atoms with E-state index in [0.29, 0.717) is 46.9 Å². The average Bonchev–Trinajstić information content (AvgIpc) is 2.55. The van der Waals surface area contributed by atoms with Gasteiger partial charge >= 0.3 is 0 Å². The first-order chi connectivity index (χ1) is 37.8. The number of thiazole rings is 2. The minimum Gasteiger partial charge on any atom is -0.368 e. The van der Waals surface area contributed by atoms with Crippen LogP contribution in [0.25, 0.3) is 43.7 Å². The van der Waals surface area contributed by atoms with Gasteiger partial charge in [-0.1, -0.05) is 65.5 Å². The number of hydrogen-bond donors (Lipinski definition) is 3. The van der Waals surface area contributed by atoms with Crippen LogP contribution in [0, 0.1) is 34.9 Å². The van der Waals surface area contributed by atoms with Crippen LogP contribution in [0.1, 0.15) is 67.7 Å². The van der Waals surface area contributed by atoms with Gasteiger partial charge < -0.3 is 5.73 Å². The van der Waals surface area contributed by atoms with Gasteiger partial charge in [-0.3, -0.25) is 9.44 Å². The summed E-state index contributed by atoms with van der Waals surface area (Å²) in [5.41, 5.74) is -2.03. The van der Waals surface area contributed by atoms with Crippen LogP contribution >= 0.6 is 34.3 Å². The molecule has 70 heavy (non-hydrogen) atoms. The first-order valence-corrected chi connectivity index (χ1v) is 24.4. The monoisotopic (exact) mass is 1070 g/mol. The molecule has 4 heterocycles. The van der Waals surface area contributed by atoms with Gasteiger partial charge in [0.1, 0.15) is 23.3 Å². The van der Waals surface area contributed by atoms with Crippen LogP contribution in [0.2, 0.25) is 5.28 Å². The topological polar surface area (TPSA) is 196 Å². The summed E-state index contributed by atoms with van der Waals surface area (Å²) in [7, 11) is -9.93. The van der Waals surface area contributed by atoms with E-state index in [1.165, 1.54) is 48.8 Å². The van der Waals surface area contributed by atoms with Gasteiger partial charge in [0.05, 0.1) is 53.9 Å². The number of benzene rings is 4. The largest absolute Gasteiger partial charge is 0.368 e. The number of nitrogen functional groups attached to an aromatic ring is 1. The summed E-state index contributed by atoms with van der Waals surface area (Å²) in [6, 6.07) is 14.2. The zero-order chi connectivity index (χ0) is 61.1. The maximum absolute atomic E-state index is 15.9. The second kappa shape index (κ2) is 19.7. The minimum atomic E-state index is -4.97. The van der Waals surface area contributed by atoms with Crippen molar-refractivity contribution in [3.8, 4) is 43.7 Å². The van der Waals surface area contributed by atoms with Gasteiger partial charge in [0.25, 0.3) is 20.0 Å². The van der Waals surface area contributed by atoms with Gasteiger partial charge in [0.15, 0.2) is 21.4 Å². The Morgan fingerprint density at radius 1 is 0.571 bits per heavy atom. The Morgan fingerprint density at radius 2 is 0.957 bits per heavy atom. The van der Waals surface area contributed by atoms with Crippen LogP contribution in [0.3, 0.4) is 0 Å². The molecular formula is C46H38ClF6N9O4S4. The number of anilines is 3.